The summed E-state index contributed by atoms with van der Waals surface area (Å²) in [6.07, 6.45) is 0. The fourth-order valence-corrected chi connectivity index (χ4v) is 1.89. The first kappa shape index (κ1) is 12.3. The maximum absolute atomic E-state index is 11.5. The van der Waals surface area contributed by atoms with E-state index in [1.807, 2.05) is 6.07 Å². The molecule has 1 amide bonds. The first-order valence-electron chi connectivity index (χ1n) is 5.52. The summed E-state index contributed by atoms with van der Waals surface area (Å²) in [4.78, 5) is 25.2. The summed E-state index contributed by atoms with van der Waals surface area (Å²) in [5.74, 6) is -0.148. The van der Waals surface area contributed by atoms with Crippen LogP contribution in [0.5, 0.6) is 0 Å². The van der Waals surface area contributed by atoms with Crippen LogP contribution in [0.15, 0.2) is 29.1 Å². The highest BCUT2D eigenvalue weighted by atomic mass is 16.5. The number of rotatable bonds is 3. The predicted molar refractivity (Wildman–Crippen MR) is 69.6 cm³/mol. The largest absolute Gasteiger partial charge is 0.380 e. The van der Waals surface area contributed by atoms with Crippen molar-refractivity contribution in [1.29, 1.82) is 0 Å². The molecule has 0 saturated carbocycles. The van der Waals surface area contributed by atoms with Gasteiger partial charge in [-0.05, 0) is 17.7 Å². The fraction of sp³-hybridized carbons (Fsp3) is 0.231. The van der Waals surface area contributed by atoms with E-state index in [2.05, 4.69) is 10.3 Å². The Bertz CT molecular complexity index is 646. The molecule has 1 heterocycles. The summed E-state index contributed by atoms with van der Waals surface area (Å²) in [6, 6.07) is 6.90. The van der Waals surface area contributed by atoms with Crippen molar-refractivity contribution in [3.05, 3.63) is 40.2 Å². The SMILES string of the molecule is COCc1cc(=O)[nH]c2cc(NC(C)=O)ccc12. The highest BCUT2D eigenvalue weighted by Crippen LogP contribution is 2.20. The van der Waals surface area contributed by atoms with Crippen molar-refractivity contribution in [1.82, 2.24) is 4.98 Å². The van der Waals surface area contributed by atoms with E-state index in [-0.39, 0.29) is 11.5 Å². The number of benzene rings is 1. The molecule has 18 heavy (non-hydrogen) atoms. The molecule has 0 radical (unpaired) electrons. The first-order chi connectivity index (χ1) is 8.60. The number of methoxy groups -OCH3 is 1. The number of aromatic nitrogens is 1. The van der Waals surface area contributed by atoms with Gasteiger partial charge in [0.1, 0.15) is 0 Å². The summed E-state index contributed by atoms with van der Waals surface area (Å²) in [6.45, 7) is 1.81. The van der Waals surface area contributed by atoms with Crippen LogP contribution in [0.25, 0.3) is 10.9 Å². The number of carbonyl (C=O) groups is 1. The van der Waals surface area contributed by atoms with Crippen LogP contribution in [0.2, 0.25) is 0 Å². The van der Waals surface area contributed by atoms with Crippen molar-refractivity contribution >= 4 is 22.5 Å². The minimum absolute atomic E-state index is 0.148. The Morgan fingerprint density at radius 3 is 2.83 bits per heavy atom. The highest BCUT2D eigenvalue weighted by Gasteiger charge is 2.05. The molecule has 94 valence electrons. The van der Waals surface area contributed by atoms with Crippen LogP contribution in [0.3, 0.4) is 0 Å². The Labute approximate surface area is 104 Å². The average molecular weight is 246 g/mol. The summed E-state index contributed by atoms with van der Waals surface area (Å²) in [5, 5.41) is 3.58. The maximum atomic E-state index is 11.5. The van der Waals surface area contributed by atoms with Crippen LogP contribution >= 0.6 is 0 Å². The van der Waals surface area contributed by atoms with E-state index >= 15 is 0 Å². The predicted octanol–water partition coefficient (Wildman–Crippen LogP) is 1.63. The number of ether oxygens (including phenoxy) is 1. The highest BCUT2D eigenvalue weighted by molar-refractivity contribution is 5.92. The lowest BCUT2D eigenvalue weighted by Gasteiger charge is -2.07. The molecule has 5 nitrogen and oxygen atoms in total. The minimum atomic E-state index is -0.186. The Morgan fingerprint density at radius 1 is 1.39 bits per heavy atom. The third-order valence-electron chi connectivity index (χ3n) is 2.55. The number of aromatic amines is 1. The van der Waals surface area contributed by atoms with E-state index in [0.717, 1.165) is 10.9 Å². The van der Waals surface area contributed by atoms with Crippen molar-refractivity contribution in [2.75, 3.05) is 12.4 Å². The summed E-state index contributed by atoms with van der Waals surface area (Å²) in [7, 11) is 1.58. The molecule has 0 bridgehead atoms. The number of nitrogens with one attached hydrogen (secondary N) is 2. The van der Waals surface area contributed by atoms with Crippen molar-refractivity contribution in [3.8, 4) is 0 Å². The fourth-order valence-electron chi connectivity index (χ4n) is 1.89. The molecule has 0 saturated heterocycles. The van der Waals surface area contributed by atoms with Gasteiger partial charge in [0.05, 0.1) is 12.1 Å². The Hall–Kier alpha value is -2.14. The summed E-state index contributed by atoms with van der Waals surface area (Å²) < 4.78 is 5.06. The molecule has 2 rings (SSSR count). The number of hydrogen-bond donors (Lipinski definition) is 2. The zero-order valence-electron chi connectivity index (χ0n) is 10.2. The average Bonchev–Trinajstić information content (AvgIpc) is 2.27. The van der Waals surface area contributed by atoms with E-state index in [9.17, 15) is 9.59 Å². The third kappa shape index (κ3) is 2.57. The first-order valence-corrected chi connectivity index (χ1v) is 5.52. The molecule has 2 N–H and O–H groups in total. The molecule has 0 aliphatic rings. The Balaban J connectivity index is 2.56. The lowest BCUT2D eigenvalue weighted by molar-refractivity contribution is -0.114. The van der Waals surface area contributed by atoms with Gasteiger partial charge < -0.3 is 15.0 Å². The quantitative estimate of drug-likeness (QED) is 0.864. The molecule has 1 aromatic carbocycles. The van der Waals surface area contributed by atoms with Crippen molar-refractivity contribution < 1.29 is 9.53 Å². The minimum Gasteiger partial charge on any atom is -0.380 e. The van der Waals surface area contributed by atoms with Crippen molar-refractivity contribution in [2.24, 2.45) is 0 Å². The lowest BCUT2D eigenvalue weighted by atomic mass is 10.1. The van der Waals surface area contributed by atoms with Gasteiger partial charge in [0.25, 0.3) is 0 Å². The van der Waals surface area contributed by atoms with Crippen LogP contribution in [0.1, 0.15) is 12.5 Å². The van der Waals surface area contributed by atoms with Crippen molar-refractivity contribution in [2.45, 2.75) is 13.5 Å². The molecule has 0 unspecified atom stereocenters. The van der Waals surface area contributed by atoms with Gasteiger partial charge in [0, 0.05) is 31.2 Å². The van der Waals surface area contributed by atoms with E-state index < -0.39 is 0 Å². The number of anilines is 1. The molecule has 0 aliphatic heterocycles. The molecule has 0 spiro atoms. The number of amides is 1. The standard InChI is InChI=1S/C13H14N2O3/c1-8(16)14-10-3-4-11-9(7-18-2)5-13(17)15-12(11)6-10/h3-6H,7H2,1-2H3,(H,14,16)(H,15,17). The van der Waals surface area contributed by atoms with Gasteiger partial charge in [-0.3, -0.25) is 9.59 Å². The smallest absolute Gasteiger partial charge is 0.248 e. The van der Waals surface area contributed by atoms with Crippen LogP contribution in [-0.4, -0.2) is 18.0 Å². The molecule has 5 heteroatoms. The molecular formula is C13H14N2O3. The maximum Gasteiger partial charge on any atom is 0.248 e. The zero-order valence-corrected chi connectivity index (χ0v) is 10.2. The van der Waals surface area contributed by atoms with Gasteiger partial charge in [-0.15, -0.1) is 0 Å². The number of hydrogen-bond acceptors (Lipinski definition) is 3. The number of fused-ring (bicyclic) bond motifs is 1. The number of pyridine rings is 1. The molecule has 1 aromatic heterocycles. The van der Waals surface area contributed by atoms with Gasteiger partial charge >= 0.3 is 0 Å². The zero-order chi connectivity index (χ0) is 13.1. The second-order valence-electron chi connectivity index (χ2n) is 4.03. The monoisotopic (exact) mass is 246 g/mol. The molecule has 0 aliphatic carbocycles. The summed E-state index contributed by atoms with van der Waals surface area (Å²) >= 11 is 0. The molecule has 2 aromatic rings. The topological polar surface area (TPSA) is 71.2 Å². The van der Waals surface area contributed by atoms with E-state index in [0.29, 0.717) is 17.8 Å². The van der Waals surface area contributed by atoms with Crippen LogP contribution in [-0.2, 0) is 16.1 Å². The van der Waals surface area contributed by atoms with Crippen LogP contribution in [0.4, 0.5) is 5.69 Å². The molecular weight excluding hydrogens is 232 g/mol. The van der Waals surface area contributed by atoms with Crippen molar-refractivity contribution in [3.63, 3.8) is 0 Å². The van der Waals surface area contributed by atoms with Gasteiger partial charge in [0.15, 0.2) is 0 Å². The number of H-pyrrole nitrogens is 1. The van der Waals surface area contributed by atoms with E-state index in [1.165, 1.54) is 13.0 Å². The number of carbonyl (C=O) groups excluding carboxylic acids is 1. The lowest BCUT2D eigenvalue weighted by Crippen LogP contribution is -2.09. The second-order valence-corrected chi connectivity index (χ2v) is 4.03. The third-order valence-corrected chi connectivity index (χ3v) is 2.55. The molecule has 0 atom stereocenters. The normalized spacial score (nSPS) is 10.6. The van der Waals surface area contributed by atoms with Crippen LogP contribution < -0.4 is 10.9 Å². The second kappa shape index (κ2) is 5.01. The van der Waals surface area contributed by atoms with E-state index in [1.54, 1.807) is 19.2 Å². The van der Waals surface area contributed by atoms with Gasteiger partial charge in [-0.2, -0.15) is 0 Å². The van der Waals surface area contributed by atoms with E-state index in [4.69, 9.17) is 4.74 Å². The molecule has 0 fully saturated rings. The van der Waals surface area contributed by atoms with Crippen LogP contribution in [0, 0.1) is 0 Å². The Morgan fingerprint density at radius 2 is 2.17 bits per heavy atom. The summed E-state index contributed by atoms with van der Waals surface area (Å²) in [5.41, 5.74) is 1.97. The van der Waals surface area contributed by atoms with Gasteiger partial charge in [-0.1, -0.05) is 6.07 Å². The van der Waals surface area contributed by atoms with Gasteiger partial charge in [-0.25, -0.2) is 0 Å². The Kier molecular flexibility index (Phi) is 3.43. The van der Waals surface area contributed by atoms with Gasteiger partial charge in [0.2, 0.25) is 11.5 Å².